The van der Waals surface area contributed by atoms with Gasteiger partial charge in [0.1, 0.15) is 0 Å². The summed E-state index contributed by atoms with van der Waals surface area (Å²) >= 11 is 1.68. The van der Waals surface area contributed by atoms with Crippen LogP contribution in [0.2, 0.25) is 0 Å². The van der Waals surface area contributed by atoms with Crippen LogP contribution in [0.15, 0.2) is 23.7 Å². The quantitative estimate of drug-likeness (QED) is 0.573. The van der Waals surface area contributed by atoms with Crippen molar-refractivity contribution in [2.45, 2.75) is 13.3 Å². The van der Waals surface area contributed by atoms with Crippen LogP contribution in [0, 0.1) is 0 Å². The minimum Gasteiger partial charge on any atom is -0.249 e. The molecule has 1 aromatic rings. The van der Waals surface area contributed by atoms with Crippen molar-refractivity contribution < 1.29 is 0 Å². The number of allylic oxidation sites excluding steroid dienone is 1. The molecule has 0 aliphatic carbocycles. The highest BCUT2D eigenvalue weighted by Gasteiger charge is 1.92. The molecule has 0 amide bonds. The molecule has 0 fully saturated rings. The van der Waals surface area contributed by atoms with Crippen LogP contribution in [-0.4, -0.2) is 4.98 Å². The van der Waals surface area contributed by atoms with Gasteiger partial charge in [0.15, 0.2) is 0 Å². The van der Waals surface area contributed by atoms with Gasteiger partial charge in [-0.3, -0.25) is 0 Å². The van der Waals surface area contributed by atoms with Gasteiger partial charge in [-0.05, 0) is 6.92 Å². The molecule has 0 spiro atoms. The first-order valence-electron chi connectivity index (χ1n) is 2.82. The highest BCUT2D eigenvalue weighted by atomic mass is 32.1. The predicted molar refractivity (Wildman–Crippen MR) is 40.6 cm³/mol. The molecular formula is C7H9NS. The Morgan fingerprint density at radius 2 is 2.67 bits per heavy atom. The summed E-state index contributed by atoms with van der Waals surface area (Å²) in [5.41, 5.74) is 1.17. The van der Waals surface area contributed by atoms with Gasteiger partial charge in [0.2, 0.25) is 0 Å². The summed E-state index contributed by atoms with van der Waals surface area (Å²) in [5.74, 6) is 0. The lowest BCUT2D eigenvalue weighted by Gasteiger charge is -1.90. The summed E-state index contributed by atoms with van der Waals surface area (Å²) in [6, 6.07) is 0. The van der Waals surface area contributed by atoms with Crippen molar-refractivity contribution in [3.05, 3.63) is 28.7 Å². The maximum atomic E-state index is 4.11. The number of nitrogens with zero attached hydrogens (tertiary/aromatic N) is 1. The third-order valence-electron chi connectivity index (χ3n) is 0.936. The Kier molecular flexibility index (Phi) is 2.01. The van der Waals surface area contributed by atoms with Crippen molar-refractivity contribution in [1.29, 1.82) is 0 Å². The molecule has 0 saturated carbocycles. The number of hydrogen-bond donors (Lipinski definition) is 0. The third kappa shape index (κ3) is 1.98. The van der Waals surface area contributed by atoms with Gasteiger partial charge >= 0.3 is 0 Å². The van der Waals surface area contributed by atoms with Gasteiger partial charge < -0.3 is 0 Å². The van der Waals surface area contributed by atoms with E-state index in [2.05, 4.69) is 11.6 Å². The van der Waals surface area contributed by atoms with Gasteiger partial charge in [0.05, 0.1) is 5.01 Å². The summed E-state index contributed by atoms with van der Waals surface area (Å²) in [6.07, 6.45) is 2.75. The lowest BCUT2D eigenvalue weighted by atomic mass is 10.3. The summed E-state index contributed by atoms with van der Waals surface area (Å²) in [4.78, 5) is 4.11. The van der Waals surface area contributed by atoms with Crippen LogP contribution in [-0.2, 0) is 6.42 Å². The molecule has 0 atom stereocenters. The fourth-order valence-corrected chi connectivity index (χ4v) is 1.33. The van der Waals surface area contributed by atoms with Crippen LogP contribution in [0.1, 0.15) is 11.9 Å². The monoisotopic (exact) mass is 139 g/mol. The van der Waals surface area contributed by atoms with E-state index in [1.165, 1.54) is 5.57 Å². The minimum absolute atomic E-state index is 0.928. The Morgan fingerprint density at radius 3 is 3.11 bits per heavy atom. The maximum absolute atomic E-state index is 4.11. The molecule has 1 nitrogen and oxygen atoms in total. The number of rotatable bonds is 2. The average molecular weight is 139 g/mol. The predicted octanol–water partition coefficient (Wildman–Crippen LogP) is 2.26. The highest BCUT2D eigenvalue weighted by Crippen LogP contribution is 2.08. The molecule has 1 rings (SSSR count). The lowest BCUT2D eigenvalue weighted by molar-refractivity contribution is 1.11. The summed E-state index contributed by atoms with van der Waals surface area (Å²) in [7, 11) is 0. The Labute approximate surface area is 59.1 Å². The van der Waals surface area contributed by atoms with E-state index in [4.69, 9.17) is 0 Å². The first-order chi connectivity index (χ1) is 4.29. The normalized spacial score (nSPS) is 9.44. The molecule has 0 aromatic carbocycles. The van der Waals surface area contributed by atoms with Gasteiger partial charge in [-0.2, -0.15) is 0 Å². The molecular weight excluding hydrogens is 130 g/mol. The van der Waals surface area contributed by atoms with Gasteiger partial charge in [-0.25, -0.2) is 4.98 Å². The molecule has 0 aliphatic heterocycles. The third-order valence-corrected chi connectivity index (χ3v) is 1.72. The molecule has 9 heavy (non-hydrogen) atoms. The standard InChI is InChI=1S/C7H9NS/c1-6(2)5-7-8-3-4-9-7/h3-4H,1,5H2,2H3. The van der Waals surface area contributed by atoms with E-state index in [1.54, 1.807) is 11.3 Å². The van der Waals surface area contributed by atoms with E-state index in [0.717, 1.165) is 11.4 Å². The molecule has 0 saturated heterocycles. The molecule has 2 heteroatoms. The molecule has 48 valence electrons. The van der Waals surface area contributed by atoms with Crippen LogP contribution >= 0.6 is 11.3 Å². The first kappa shape index (κ1) is 6.49. The second-order valence-corrected chi connectivity index (χ2v) is 3.04. The molecule has 1 aromatic heterocycles. The molecule has 0 radical (unpaired) electrons. The maximum Gasteiger partial charge on any atom is 0.0965 e. The first-order valence-corrected chi connectivity index (χ1v) is 3.70. The van der Waals surface area contributed by atoms with Gasteiger partial charge in [0, 0.05) is 18.0 Å². The van der Waals surface area contributed by atoms with E-state index < -0.39 is 0 Å². The Balaban J connectivity index is 2.58. The second kappa shape index (κ2) is 2.78. The number of aromatic nitrogens is 1. The SMILES string of the molecule is C=C(C)Cc1nccs1. The van der Waals surface area contributed by atoms with Crippen LogP contribution in [0.5, 0.6) is 0 Å². The topological polar surface area (TPSA) is 12.9 Å². The zero-order valence-corrected chi connectivity index (χ0v) is 6.24. The van der Waals surface area contributed by atoms with Crippen molar-refractivity contribution in [2.24, 2.45) is 0 Å². The van der Waals surface area contributed by atoms with Crippen molar-refractivity contribution in [1.82, 2.24) is 4.98 Å². The van der Waals surface area contributed by atoms with Crippen LogP contribution in [0.4, 0.5) is 0 Å². The fraction of sp³-hybridized carbons (Fsp3) is 0.286. The van der Waals surface area contributed by atoms with Crippen LogP contribution < -0.4 is 0 Å². The summed E-state index contributed by atoms with van der Waals surface area (Å²) in [6.45, 7) is 5.81. The minimum atomic E-state index is 0.928. The lowest BCUT2D eigenvalue weighted by Crippen LogP contribution is -1.81. The van der Waals surface area contributed by atoms with E-state index in [1.807, 2.05) is 18.5 Å². The fourth-order valence-electron chi connectivity index (χ4n) is 0.598. The van der Waals surface area contributed by atoms with Crippen LogP contribution in [0.3, 0.4) is 0 Å². The van der Waals surface area contributed by atoms with Crippen molar-refractivity contribution in [3.63, 3.8) is 0 Å². The van der Waals surface area contributed by atoms with Crippen molar-refractivity contribution in [3.8, 4) is 0 Å². The van der Waals surface area contributed by atoms with E-state index in [9.17, 15) is 0 Å². The summed E-state index contributed by atoms with van der Waals surface area (Å²) in [5, 5.41) is 3.14. The smallest absolute Gasteiger partial charge is 0.0965 e. The van der Waals surface area contributed by atoms with E-state index in [0.29, 0.717) is 0 Å². The largest absolute Gasteiger partial charge is 0.249 e. The molecule has 1 heterocycles. The average Bonchev–Trinajstić information content (AvgIpc) is 2.15. The van der Waals surface area contributed by atoms with Crippen LogP contribution in [0.25, 0.3) is 0 Å². The van der Waals surface area contributed by atoms with Gasteiger partial charge in [-0.15, -0.1) is 11.3 Å². The highest BCUT2D eigenvalue weighted by molar-refractivity contribution is 7.09. The van der Waals surface area contributed by atoms with Gasteiger partial charge in [-0.1, -0.05) is 12.2 Å². The molecule has 0 unspecified atom stereocenters. The van der Waals surface area contributed by atoms with Gasteiger partial charge in [0.25, 0.3) is 0 Å². The molecule has 0 N–H and O–H groups in total. The zero-order chi connectivity index (χ0) is 6.69. The Bertz CT molecular complexity index is 189. The number of hydrogen-bond acceptors (Lipinski definition) is 2. The zero-order valence-electron chi connectivity index (χ0n) is 5.42. The van der Waals surface area contributed by atoms with Crippen molar-refractivity contribution in [2.75, 3.05) is 0 Å². The van der Waals surface area contributed by atoms with E-state index in [-0.39, 0.29) is 0 Å². The molecule has 0 aliphatic rings. The Morgan fingerprint density at radius 1 is 1.89 bits per heavy atom. The summed E-state index contributed by atoms with van der Waals surface area (Å²) < 4.78 is 0. The second-order valence-electron chi connectivity index (χ2n) is 2.06. The Hall–Kier alpha value is -0.630. The van der Waals surface area contributed by atoms with Crippen molar-refractivity contribution >= 4 is 11.3 Å². The van der Waals surface area contributed by atoms with E-state index >= 15 is 0 Å². The molecule has 0 bridgehead atoms. The number of thiazole rings is 1.